The third-order valence-corrected chi connectivity index (χ3v) is 2.29. The first-order chi connectivity index (χ1) is 4.18. The molecule has 54 valence electrons. The van der Waals surface area contributed by atoms with Crippen molar-refractivity contribution in [2.24, 2.45) is 5.73 Å². The minimum absolute atomic E-state index is 0.521. The predicted molar refractivity (Wildman–Crippen MR) is 34.0 cm³/mol. The standard InChI is InChI=1S/C5H11NO2Se/c1-9-3-2-4(6)5(7)8/h4H,2-3,6H2,1H3,(H,7,8)/p-1/t4-/m1/s1. The molecule has 0 saturated carbocycles. The van der Waals surface area contributed by atoms with Gasteiger partial charge in [-0.15, -0.1) is 0 Å². The number of rotatable bonds is 4. The molecule has 0 aromatic heterocycles. The van der Waals surface area contributed by atoms with Gasteiger partial charge in [-0.05, 0) is 0 Å². The van der Waals surface area contributed by atoms with Gasteiger partial charge in [-0.1, -0.05) is 0 Å². The molecule has 1 atom stereocenters. The zero-order chi connectivity index (χ0) is 7.28. The molecule has 0 spiro atoms. The fraction of sp³-hybridized carbons (Fsp3) is 0.800. The summed E-state index contributed by atoms with van der Waals surface area (Å²) in [5, 5.41) is 10.9. The van der Waals surface area contributed by atoms with Gasteiger partial charge in [-0.25, -0.2) is 0 Å². The Morgan fingerprint density at radius 1 is 1.89 bits per heavy atom. The molecule has 0 aliphatic rings. The molecule has 0 aliphatic heterocycles. The van der Waals surface area contributed by atoms with Crippen molar-refractivity contribution in [1.29, 1.82) is 0 Å². The van der Waals surface area contributed by atoms with Crippen LogP contribution in [0, 0.1) is 0 Å². The molecule has 3 nitrogen and oxygen atoms in total. The van der Waals surface area contributed by atoms with Gasteiger partial charge in [0.2, 0.25) is 0 Å². The Hall–Kier alpha value is -0.0505. The average molecular weight is 195 g/mol. The maximum absolute atomic E-state index is 9.98. The maximum atomic E-state index is 9.98. The molecule has 0 rings (SSSR count). The number of carbonyl (C=O) groups excluding carboxylic acids is 1. The molecule has 9 heavy (non-hydrogen) atoms. The summed E-state index contributed by atoms with van der Waals surface area (Å²) in [5.41, 5.74) is 5.15. The van der Waals surface area contributed by atoms with Crippen LogP contribution in [-0.2, 0) is 4.79 Å². The molecule has 0 saturated heterocycles. The molecular weight excluding hydrogens is 185 g/mol. The molecule has 0 amide bonds. The van der Waals surface area contributed by atoms with Crippen molar-refractivity contribution in [3.63, 3.8) is 0 Å². The Balaban J connectivity index is 3.27. The normalized spacial score (nSPS) is 13.1. The fourth-order valence-corrected chi connectivity index (χ4v) is 1.39. The molecule has 4 heteroatoms. The number of carboxylic acid groups (broad SMARTS) is 1. The summed E-state index contributed by atoms with van der Waals surface area (Å²) in [5.74, 6) is 0.911. The Labute approximate surface area is 60.8 Å². The molecular formula is C5H10NO2Se-. The van der Waals surface area contributed by atoms with Crippen LogP contribution in [0.25, 0.3) is 0 Å². The van der Waals surface area contributed by atoms with Gasteiger partial charge >= 0.3 is 60.2 Å². The van der Waals surface area contributed by atoms with Crippen LogP contribution in [0.15, 0.2) is 0 Å². The van der Waals surface area contributed by atoms with Crippen LogP contribution in [0.2, 0.25) is 11.1 Å². The molecule has 0 radical (unpaired) electrons. The van der Waals surface area contributed by atoms with E-state index in [9.17, 15) is 9.90 Å². The molecule has 0 bridgehead atoms. The SMILES string of the molecule is C[Se]CC[C@@H](N)C(=O)[O-]. The van der Waals surface area contributed by atoms with E-state index >= 15 is 0 Å². The quantitative estimate of drug-likeness (QED) is 0.562. The van der Waals surface area contributed by atoms with Crippen LogP contribution in [-0.4, -0.2) is 27.0 Å². The Morgan fingerprint density at radius 2 is 2.44 bits per heavy atom. The first-order valence-electron chi connectivity index (χ1n) is 2.64. The fourth-order valence-electron chi connectivity index (χ4n) is 0.363. The Kier molecular flexibility index (Phi) is 4.77. The van der Waals surface area contributed by atoms with E-state index in [1.807, 2.05) is 0 Å². The van der Waals surface area contributed by atoms with Crippen molar-refractivity contribution in [3.05, 3.63) is 0 Å². The monoisotopic (exact) mass is 196 g/mol. The van der Waals surface area contributed by atoms with E-state index in [0.717, 1.165) is 5.32 Å². The Bertz CT molecular complexity index is 97.0. The average Bonchev–Trinajstić information content (AvgIpc) is 1.82. The van der Waals surface area contributed by atoms with Crippen LogP contribution in [0.5, 0.6) is 0 Å². The summed E-state index contributed by atoms with van der Waals surface area (Å²) in [6.07, 6.45) is 0.554. The van der Waals surface area contributed by atoms with Gasteiger partial charge < -0.3 is 0 Å². The molecule has 0 aromatic carbocycles. The van der Waals surface area contributed by atoms with Crippen LogP contribution in [0.3, 0.4) is 0 Å². The third-order valence-electron chi connectivity index (χ3n) is 0.936. The summed E-state index contributed by atoms with van der Waals surface area (Å²) < 4.78 is 0. The van der Waals surface area contributed by atoms with Crippen LogP contribution >= 0.6 is 0 Å². The summed E-state index contributed by atoms with van der Waals surface area (Å²) in [7, 11) is 0. The van der Waals surface area contributed by atoms with Crippen molar-refractivity contribution in [3.8, 4) is 0 Å². The molecule has 0 fully saturated rings. The number of carbonyl (C=O) groups is 1. The summed E-state index contributed by atoms with van der Waals surface area (Å²) >= 11 is 0.521. The van der Waals surface area contributed by atoms with Gasteiger partial charge in [-0.3, -0.25) is 0 Å². The van der Waals surface area contributed by atoms with Crippen molar-refractivity contribution >= 4 is 20.9 Å². The minimum atomic E-state index is -1.14. The molecule has 0 heterocycles. The van der Waals surface area contributed by atoms with E-state index in [1.165, 1.54) is 0 Å². The topological polar surface area (TPSA) is 66.2 Å². The number of nitrogens with two attached hydrogens (primary N) is 1. The van der Waals surface area contributed by atoms with Crippen molar-refractivity contribution < 1.29 is 9.90 Å². The van der Waals surface area contributed by atoms with Crippen LogP contribution < -0.4 is 10.8 Å². The summed E-state index contributed by atoms with van der Waals surface area (Å²) in [6, 6.07) is -0.758. The van der Waals surface area contributed by atoms with E-state index in [4.69, 9.17) is 5.73 Å². The number of aliphatic carboxylic acids is 1. The number of hydrogen-bond donors (Lipinski definition) is 1. The summed E-state index contributed by atoms with van der Waals surface area (Å²) in [6.45, 7) is 0. The van der Waals surface area contributed by atoms with Gasteiger partial charge in [0.05, 0.1) is 0 Å². The van der Waals surface area contributed by atoms with Crippen LogP contribution in [0.1, 0.15) is 6.42 Å². The van der Waals surface area contributed by atoms with Gasteiger partial charge in [0.25, 0.3) is 0 Å². The van der Waals surface area contributed by atoms with Gasteiger partial charge in [0.1, 0.15) is 0 Å². The predicted octanol–water partition coefficient (Wildman–Crippen LogP) is -1.38. The number of hydrogen-bond acceptors (Lipinski definition) is 3. The zero-order valence-electron chi connectivity index (χ0n) is 5.29. The second-order valence-corrected chi connectivity index (χ2v) is 3.77. The van der Waals surface area contributed by atoms with Gasteiger partial charge in [0, 0.05) is 0 Å². The molecule has 2 N–H and O–H groups in total. The second-order valence-electron chi connectivity index (χ2n) is 1.71. The van der Waals surface area contributed by atoms with E-state index in [0.29, 0.717) is 21.4 Å². The molecule has 0 aromatic rings. The zero-order valence-corrected chi connectivity index (χ0v) is 7.01. The van der Waals surface area contributed by atoms with E-state index in [-0.39, 0.29) is 0 Å². The van der Waals surface area contributed by atoms with Gasteiger partial charge in [-0.2, -0.15) is 0 Å². The molecule has 0 unspecified atom stereocenters. The summed E-state index contributed by atoms with van der Waals surface area (Å²) in [4.78, 5) is 9.98. The first-order valence-corrected chi connectivity index (χ1v) is 5.56. The second kappa shape index (κ2) is 4.79. The van der Waals surface area contributed by atoms with Crippen molar-refractivity contribution in [1.82, 2.24) is 0 Å². The number of carboxylic acids is 1. The molecule has 0 aliphatic carbocycles. The van der Waals surface area contributed by atoms with E-state index in [2.05, 4.69) is 5.82 Å². The van der Waals surface area contributed by atoms with Gasteiger partial charge in [0.15, 0.2) is 0 Å². The van der Waals surface area contributed by atoms with Crippen molar-refractivity contribution in [2.75, 3.05) is 0 Å². The van der Waals surface area contributed by atoms with E-state index in [1.54, 1.807) is 0 Å². The first kappa shape index (κ1) is 8.95. The van der Waals surface area contributed by atoms with Crippen molar-refractivity contribution in [2.45, 2.75) is 23.6 Å². The Morgan fingerprint density at radius 3 is 2.78 bits per heavy atom. The third kappa shape index (κ3) is 4.45. The van der Waals surface area contributed by atoms with E-state index < -0.39 is 12.0 Å². The van der Waals surface area contributed by atoms with Crippen LogP contribution in [0.4, 0.5) is 0 Å².